The molecule has 1 unspecified atom stereocenters. The van der Waals surface area contributed by atoms with E-state index < -0.39 is 17.2 Å². The highest BCUT2D eigenvalue weighted by atomic mass is 32.1. The first-order valence-corrected chi connectivity index (χ1v) is 6.94. The molecule has 1 heterocycles. The second kappa shape index (κ2) is 5.69. The van der Waals surface area contributed by atoms with Gasteiger partial charge in [-0.15, -0.1) is 11.3 Å². The number of methoxy groups -OCH3 is 1. The first kappa shape index (κ1) is 15.2. The van der Waals surface area contributed by atoms with Gasteiger partial charge in [-0.25, -0.2) is 9.78 Å². The van der Waals surface area contributed by atoms with Crippen molar-refractivity contribution >= 4 is 17.3 Å². The van der Waals surface area contributed by atoms with Gasteiger partial charge in [0.15, 0.2) is 10.7 Å². The third-order valence-corrected chi connectivity index (χ3v) is 4.24. The zero-order chi connectivity index (χ0) is 14.9. The van der Waals surface area contributed by atoms with Crippen LogP contribution in [0.15, 0.2) is 0 Å². The first-order valence-electron chi connectivity index (χ1n) is 6.12. The van der Waals surface area contributed by atoms with Crippen LogP contribution in [0.2, 0.25) is 0 Å². The molecule has 1 aliphatic rings. The number of aromatic nitrogens is 1. The largest absolute Gasteiger partial charge is 0.461 e. The van der Waals surface area contributed by atoms with Gasteiger partial charge in [-0.05, 0) is 19.3 Å². The fourth-order valence-electron chi connectivity index (χ4n) is 2.02. The molecule has 112 valence electrons. The van der Waals surface area contributed by atoms with E-state index in [1.807, 2.05) is 0 Å². The summed E-state index contributed by atoms with van der Waals surface area (Å²) < 4.78 is 48.0. The van der Waals surface area contributed by atoms with Crippen molar-refractivity contribution in [1.29, 1.82) is 0 Å². The Morgan fingerprint density at radius 2 is 2.20 bits per heavy atom. The number of carbonyl (C=O) groups is 1. The number of nitrogens with zero attached hydrogens (tertiary/aromatic N) is 1. The molecule has 4 nitrogen and oxygen atoms in total. The maximum atomic E-state index is 12.7. The van der Waals surface area contributed by atoms with E-state index in [0.29, 0.717) is 29.2 Å². The fraction of sp³-hybridized carbons (Fsp3) is 0.667. The summed E-state index contributed by atoms with van der Waals surface area (Å²) in [5.41, 5.74) is -0.201. The molecule has 1 aliphatic carbocycles. The molecule has 20 heavy (non-hydrogen) atoms. The zero-order valence-corrected chi connectivity index (χ0v) is 11.8. The molecule has 0 aromatic carbocycles. The Morgan fingerprint density at radius 3 is 2.75 bits per heavy atom. The van der Waals surface area contributed by atoms with E-state index in [2.05, 4.69) is 4.98 Å². The number of esters is 1. The van der Waals surface area contributed by atoms with Gasteiger partial charge >= 0.3 is 12.1 Å². The lowest BCUT2D eigenvalue weighted by molar-refractivity contribution is -0.137. The average Bonchev–Trinajstić information content (AvgIpc) is 2.96. The summed E-state index contributed by atoms with van der Waals surface area (Å²) >= 11 is 0.528. The van der Waals surface area contributed by atoms with Crippen LogP contribution in [0.3, 0.4) is 0 Å². The predicted octanol–water partition coefficient (Wildman–Crippen LogP) is 3.09. The van der Waals surface area contributed by atoms with E-state index in [-0.39, 0.29) is 24.1 Å². The van der Waals surface area contributed by atoms with Crippen molar-refractivity contribution in [2.24, 2.45) is 5.92 Å². The van der Waals surface area contributed by atoms with Gasteiger partial charge in [0.2, 0.25) is 0 Å². The Labute approximate surface area is 117 Å². The zero-order valence-electron chi connectivity index (χ0n) is 11.0. The third kappa shape index (κ3) is 3.12. The second-order valence-electron chi connectivity index (χ2n) is 4.51. The van der Waals surface area contributed by atoms with Crippen molar-refractivity contribution in [3.8, 4) is 0 Å². The lowest BCUT2D eigenvalue weighted by atomic mass is 10.2. The van der Waals surface area contributed by atoms with E-state index in [0.717, 1.165) is 0 Å². The molecule has 1 aromatic rings. The molecule has 1 fully saturated rings. The molecule has 2 rings (SSSR count). The average molecular weight is 309 g/mol. The summed E-state index contributed by atoms with van der Waals surface area (Å²) in [7, 11) is 1.54. The van der Waals surface area contributed by atoms with Crippen LogP contribution >= 0.6 is 11.3 Å². The van der Waals surface area contributed by atoms with E-state index in [4.69, 9.17) is 9.47 Å². The second-order valence-corrected chi connectivity index (χ2v) is 5.54. The summed E-state index contributed by atoms with van der Waals surface area (Å²) in [6, 6.07) is 0. The molecule has 0 N–H and O–H groups in total. The molecular weight excluding hydrogens is 295 g/mol. The number of hydrogen-bond donors (Lipinski definition) is 0. The van der Waals surface area contributed by atoms with Crippen molar-refractivity contribution in [1.82, 2.24) is 4.98 Å². The Hall–Kier alpha value is -1.15. The Morgan fingerprint density at radius 1 is 1.50 bits per heavy atom. The van der Waals surface area contributed by atoms with Crippen LogP contribution in [0.4, 0.5) is 13.2 Å². The SMILES string of the molecule is CCOC(=O)c1nc(C(F)(F)F)sc1[C@@H]1CC1COC. The van der Waals surface area contributed by atoms with Crippen LogP contribution in [0.1, 0.15) is 39.6 Å². The molecule has 8 heteroatoms. The Kier molecular flexibility index (Phi) is 4.33. The normalized spacial score (nSPS) is 21.9. The van der Waals surface area contributed by atoms with Gasteiger partial charge in [0.1, 0.15) is 0 Å². The lowest BCUT2D eigenvalue weighted by Gasteiger charge is -2.01. The molecule has 0 aliphatic heterocycles. The smallest absolute Gasteiger partial charge is 0.443 e. The van der Waals surface area contributed by atoms with E-state index >= 15 is 0 Å². The maximum Gasteiger partial charge on any atom is 0.443 e. The Bertz CT molecular complexity index is 501. The minimum absolute atomic E-state index is 0.0945. The number of ether oxygens (including phenoxy) is 2. The topological polar surface area (TPSA) is 48.4 Å². The van der Waals surface area contributed by atoms with Crippen LogP contribution < -0.4 is 0 Å². The third-order valence-electron chi connectivity index (χ3n) is 3.00. The molecule has 1 aromatic heterocycles. The molecule has 2 atom stereocenters. The Balaban J connectivity index is 2.29. The summed E-state index contributed by atoms with van der Waals surface area (Å²) in [5, 5.41) is -1.00. The van der Waals surface area contributed by atoms with Crippen LogP contribution in [0, 0.1) is 5.92 Å². The van der Waals surface area contributed by atoms with E-state index in [1.165, 1.54) is 7.11 Å². The van der Waals surface area contributed by atoms with Crippen molar-refractivity contribution in [3.63, 3.8) is 0 Å². The number of thiazole rings is 1. The van der Waals surface area contributed by atoms with Gasteiger partial charge in [-0.1, -0.05) is 0 Å². The number of carbonyl (C=O) groups excluding carboxylic acids is 1. The van der Waals surface area contributed by atoms with E-state index in [1.54, 1.807) is 6.92 Å². The van der Waals surface area contributed by atoms with Crippen LogP contribution in [0.25, 0.3) is 0 Å². The monoisotopic (exact) mass is 309 g/mol. The van der Waals surface area contributed by atoms with Crippen LogP contribution in [-0.4, -0.2) is 31.3 Å². The molecule has 0 spiro atoms. The summed E-state index contributed by atoms with van der Waals surface area (Å²) in [6.45, 7) is 2.16. The van der Waals surface area contributed by atoms with Gasteiger partial charge in [-0.3, -0.25) is 0 Å². The van der Waals surface area contributed by atoms with Gasteiger partial charge < -0.3 is 9.47 Å². The first-order chi connectivity index (χ1) is 9.38. The van der Waals surface area contributed by atoms with Crippen molar-refractivity contribution < 1.29 is 27.4 Å². The molecule has 0 bridgehead atoms. The molecule has 0 saturated heterocycles. The van der Waals surface area contributed by atoms with Gasteiger partial charge in [0.25, 0.3) is 0 Å². The summed E-state index contributed by atoms with van der Waals surface area (Å²) in [5.74, 6) is -0.741. The van der Waals surface area contributed by atoms with Crippen molar-refractivity contribution in [2.45, 2.75) is 25.4 Å². The van der Waals surface area contributed by atoms with Crippen molar-refractivity contribution in [2.75, 3.05) is 20.3 Å². The van der Waals surface area contributed by atoms with Gasteiger partial charge in [0.05, 0.1) is 6.61 Å². The number of halogens is 3. The summed E-state index contributed by atoms with van der Waals surface area (Å²) in [4.78, 5) is 15.5. The van der Waals surface area contributed by atoms with E-state index in [9.17, 15) is 18.0 Å². The number of rotatable bonds is 5. The minimum Gasteiger partial charge on any atom is -0.461 e. The highest BCUT2D eigenvalue weighted by Gasteiger charge is 2.45. The highest BCUT2D eigenvalue weighted by molar-refractivity contribution is 7.12. The van der Waals surface area contributed by atoms with Crippen LogP contribution in [-0.2, 0) is 15.7 Å². The van der Waals surface area contributed by atoms with Gasteiger partial charge in [-0.2, -0.15) is 13.2 Å². The fourth-order valence-corrected chi connectivity index (χ4v) is 3.14. The standard InChI is InChI=1S/C12H14F3NO3S/c1-3-19-10(17)8-9(7-4-6(7)5-18-2)20-11(16-8)12(13,14)15/h6-7H,3-5H2,1-2H3/t6?,7-/m1/s1. The summed E-state index contributed by atoms with van der Waals surface area (Å²) in [6.07, 6.45) is -3.84. The molecule has 0 amide bonds. The highest BCUT2D eigenvalue weighted by Crippen LogP contribution is 2.52. The van der Waals surface area contributed by atoms with Crippen molar-refractivity contribution in [3.05, 3.63) is 15.6 Å². The number of hydrogen-bond acceptors (Lipinski definition) is 5. The number of alkyl halides is 3. The minimum atomic E-state index is -4.55. The maximum absolute atomic E-state index is 12.7. The molecule has 0 radical (unpaired) electrons. The van der Waals surface area contributed by atoms with Crippen LogP contribution in [0.5, 0.6) is 0 Å². The predicted molar refractivity (Wildman–Crippen MR) is 65.8 cm³/mol. The lowest BCUT2D eigenvalue weighted by Crippen LogP contribution is -2.10. The quantitative estimate of drug-likeness (QED) is 0.784. The molecule has 1 saturated carbocycles. The van der Waals surface area contributed by atoms with Gasteiger partial charge in [0, 0.05) is 24.5 Å². The molecular formula is C12H14F3NO3S.